The van der Waals surface area contributed by atoms with Gasteiger partial charge in [0.05, 0.1) is 0 Å². The monoisotopic (exact) mass is 190 g/mol. The first kappa shape index (κ1) is 10.5. The molecule has 0 unspecified atom stereocenters. The second-order valence-corrected chi connectivity index (χ2v) is 3.11. The van der Waals surface area contributed by atoms with Crippen LogP contribution in [0.15, 0.2) is 30.9 Å². The average molecular weight is 190 g/mol. The van der Waals surface area contributed by atoms with Crippen LogP contribution in [-0.2, 0) is 6.42 Å². The number of phenols is 1. The highest BCUT2D eigenvalue weighted by molar-refractivity contribution is 5.96. The minimum absolute atomic E-state index is 0.0929. The van der Waals surface area contributed by atoms with E-state index in [9.17, 15) is 9.90 Å². The number of phenolic OH excluding ortho intramolecular Hbond substituents is 1. The molecule has 1 aromatic carbocycles. The van der Waals surface area contributed by atoms with Gasteiger partial charge in [0.1, 0.15) is 5.75 Å². The summed E-state index contributed by atoms with van der Waals surface area (Å²) < 4.78 is 0. The van der Waals surface area contributed by atoms with Crippen molar-refractivity contribution in [2.75, 3.05) is 0 Å². The first-order valence-corrected chi connectivity index (χ1v) is 4.65. The van der Waals surface area contributed by atoms with E-state index >= 15 is 0 Å². The van der Waals surface area contributed by atoms with Gasteiger partial charge in [0.25, 0.3) is 0 Å². The molecule has 1 rings (SSSR count). The standard InChI is InChI=1S/C12H14O2/c1-3-5-9-8-10(11(13)4-2)6-7-12(9)14/h3,6-8,14H,1,4-5H2,2H3. The lowest BCUT2D eigenvalue weighted by atomic mass is 10.0. The Balaban J connectivity index is 3.05. The van der Waals surface area contributed by atoms with Crippen molar-refractivity contribution in [1.29, 1.82) is 0 Å². The van der Waals surface area contributed by atoms with Gasteiger partial charge in [-0.25, -0.2) is 0 Å². The van der Waals surface area contributed by atoms with Crippen LogP contribution in [0, 0.1) is 0 Å². The van der Waals surface area contributed by atoms with E-state index in [4.69, 9.17) is 0 Å². The number of hydrogen-bond acceptors (Lipinski definition) is 2. The molecule has 0 aromatic heterocycles. The number of ketones is 1. The molecule has 0 saturated carbocycles. The summed E-state index contributed by atoms with van der Waals surface area (Å²) in [6, 6.07) is 4.93. The quantitative estimate of drug-likeness (QED) is 0.585. The largest absolute Gasteiger partial charge is 0.508 e. The predicted octanol–water partition coefficient (Wildman–Crippen LogP) is 2.71. The molecule has 0 fully saturated rings. The Labute approximate surface area is 83.9 Å². The Morgan fingerprint density at radius 1 is 1.57 bits per heavy atom. The molecule has 14 heavy (non-hydrogen) atoms. The van der Waals surface area contributed by atoms with Crippen molar-refractivity contribution < 1.29 is 9.90 Å². The maximum absolute atomic E-state index is 11.4. The van der Waals surface area contributed by atoms with E-state index in [1.165, 1.54) is 0 Å². The van der Waals surface area contributed by atoms with Crippen LogP contribution in [-0.4, -0.2) is 10.9 Å². The highest BCUT2D eigenvalue weighted by Gasteiger charge is 2.06. The van der Waals surface area contributed by atoms with Crippen LogP contribution in [0.3, 0.4) is 0 Å². The fourth-order valence-corrected chi connectivity index (χ4v) is 1.28. The number of rotatable bonds is 4. The topological polar surface area (TPSA) is 37.3 Å². The third-order valence-corrected chi connectivity index (χ3v) is 2.09. The van der Waals surface area contributed by atoms with Crippen molar-refractivity contribution in [3.63, 3.8) is 0 Å². The number of aromatic hydroxyl groups is 1. The van der Waals surface area contributed by atoms with Gasteiger partial charge >= 0.3 is 0 Å². The highest BCUT2D eigenvalue weighted by Crippen LogP contribution is 2.20. The maximum Gasteiger partial charge on any atom is 0.162 e. The third kappa shape index (κ3) is 2.22. The maximum atomic E-state index is 11.4. The van der Waals surface area contributed by atoms with Gasteiger partial charge in [0.2, 0.25) is 0 Å². The molecule has 0 saturated heterocycles. The summed E-state index contributed by atoms with van der Waals surface area (Å²) in [7, 11) is 0. The molecule has 1 N–H and O–H groups in total. The number of benzene rings is 1. The summed E-state index contributed by atoms with van der Waals surface area (Å²) in [6.07, 6.45) is 2.77. The van der Waals surface area contributed by atoms with Gasteiger partial charge in [0.15, 0.2) is 5.78 Å². The van der Waals surface area contributed by atoms with E-state index in [0.717, 1.165) is 5.56 Å². The first-order valence-electron chi connectivity index (χ1n) is 4.65. The van der Waals surface area contributed by atoms with Crippen LogP contribution < -0.4 is 0 Å². The van der Waals surface area contributed by atoms with Crippen molar-refractivity contribution >= 4 is 5.78 Å². The van der Waals surface area contributed by atoms with E-state index in [-0.39, 0.29) is 11.5 Å². The minimum Gasteiger partial charge on any atom is -0.508 e. The van der Waals surface area contributed by atoms with Crippen molar-refractivity contribution in [2.24, 2.45) is 0 Å². The van der Waals surface area contributed by atoms with Crippen LogP contribution in [0.1, 0.15) is 29.3 Å². The summed E-state index contributed by atoms with van der Waals surface area (Å²) in [6.45, 7) is 5.42. The van der Waals surface area contributed by atoms with Crippen molar-refractivity contribution in [3.05, 3.63) is 42.0 Å². The van der Waals surface area contributed by atoms with Gasteiger partial charge in [0, 0.05) is 12.0 Å². The van der Waals surface area contributed by atoms with E-state index in [2.05, 4.69) is 6.58 Å². The van der Waals surface area contributed by atoms with Gasteiger partial charge in [-0.15, -0.1) is 6.58 Å². The molecular formula is C12H14O2. The van der Waals surface area contributed by atoms with Crippen LogP contribution in [0.25, 0.3) is 0 Å². The van der Waals surface area contributed by atoms with Crippen molar-refractivity contribution in [2.45, 2.75) is 19.8 Å². The molecule has 74 valence electrons. The summed E-state index contributed by atoms with van der Waals surface area (Å²) in [4.78, 5) is 11.4. The average Bonchev–Trinajstić information content (AvgIpc) is 2.20. The Kier molecular flexibility index (Phi) is 3.46. The van der Waals surface area contributed by atoms with Crippen molar-refractivity contribution in [3.8, 4) is 5.75 Å². The molecular weight excluding hydrogens is 176 g/mol. The summed E-state index contributed by atoms with van der Waals surface area (Å²) >= 11 is 0. The predicted molar refractivity (Wildman–Crippen MR) is 56.6 cm³/mol. The number of hydrogen-bond donors (Lipinski definition) is 1. The van der Waals surface area contributed by atoms with E-state index < -0.39 is 0 Å². The Morgan fingerprint density at radius 3 is 2.86 bits per heavy atom. The zero-order valence-electron chi connectivity index (χ0n) is 8.29. The zero-order chi connectivity index (χ0) is 10.6. The number of carbonyl (C=O) groups excluding carboxylic acids is 1. The molecule has 2 nitrogen and oxygen atoms in total. The SMILES string of the molecule is C=CCc1cc(C(=O)CC)ccc1O. The molecule has 0 atom stereocenters. The lowest BCUT2D eigenvalue weighted by Crippen LogP contribution is -1.97. The number of Topliss-reactive ketones (excluding diaryl/α,β-unsaturated/α-hetero) is 1. The van der Waals surface area contributed by atoms with Gasteiger partial charge < -0.3 is 5.11 Å². The highest BCUT2D eigenvalue weighted by atomic mass is 16.3. The molecule has 0 spiro atoms. The molecule has 0 amide bonds. The Hall–Kier alpha value is -1.57. The van der Waals surface area contributed by atoms with E-state index in [1.54, 1.807) is 24.3 Å². The van der Waals surface area contributed by atoms with Crippen LogP contribution >= 0.6 is 0 Å². The molecule has 0 bridgehead atoms. The molecule has 0 aliphatic heterocycles. The second-order valence-electron chi connectivity index (χ2n) is 3.11. The summed E-state index contributed by atoms with van der Waals surface area (Å²) in [5, 5.41) is 9.46. The fourth-order valence-electron chi connectivity index (χ4n) is 1.28. The number of carbonyl (C=O) groups is 1. The molecule has 2 heteroatoms. The smallest absolute Gasteiger partial charge is 0.162 e. The molecule has 0 radical (unpaired) electrons. The van der Waals surface area contributed by atoms with Gasteiger partial charge in [-0.1, -0.05) is 13.0 Å². The Bertz CT molecular complexity index is 353. The van der Waals surface area contributed by atoms with Crippen molar-refractivity contribution in [1.82, 2.24) is 0 Å². The second kappa shape index (κ2) is 4.61. The van der Waals surface area contributed by atoms with E-state index in [1.807, 2.05) is 6.92 Å². The number of allylic oxidation sites excluding steroid dienone is 1. The molecule has 0 heterocycles. The fraction of sp³-hybridized carbons (Fsp3) is 0.250. The Morgan fingerprint density at radius 2 is 2.29 bits per heavy atom. The zero-order valence-corrected chi connectivity index (χ0v) is 8.29. The van der Waals surface area contributed by atoms with Gasteiger partial charge in [-0.2, -0.15) is 0 Å². The first-order chi connectivity index (χ1) is 6.69. The third-order valence-electron chi connectivity index (χ3n) is 2.09. The summed E-state index contributed by atoms with van der Waals surface area (Å²) in [5.41, 5.74) is 1.40. The summed E-state index contributed by atoms with van der Waals surface area (Å²) in [5.74, 6) is 0.313. The normalized spacial score (nSPS) is 9.79. The minimum atomic E-state index is 0.0929. The lowest BCUT2D eigenvalue weighted by Gasteiger charge is -2.04. The van der Waals surface area contributed by atoms with Gasteiger partial charge in [-0.05, 0) is 30.2 Å². The lowest BCUT2D eigenvalue weighted by molar-refractivity contribution is 0.0988. The van der Waals surface area contributed by atoms with Crippen LogP contribution in [0.5, 0.6) is 5.75 Å². The molecule has 0 aliphatic rings. The van der Waals surface area contributed by atoms with E-state index in [0.29, 0.717) is 18.4 Å². The van der Waals surface area contributed by atoms with Crippen LogP contribution in [0.4, 0.5) is 0 Å². The molecule has 0 aliphatic carbocycles. The van der Waals surface area contributed by atoms with Gasteiger partial charge in [-0.3, -0.25) is 4.79 Å². The van der Waals surface area contributed by atoms with Crippen LogP contribution in [0.2, 0.25) is 0 Å². The molecule has 1 aromatic rings.